The fourth-order valence-electron chi connectivity index (χ4n) is 5.59. The van der Waals surface area contributed by atoms with Crippen molar-refractivity contribution in [3.05, 3.63) is 157 Å². The maximum Gasteiger partial charge on any atom is 0.289 e. The van der Waals surface area contributed by atoms with Crippen molar-refractivity contribution in [2.24, 2.45) is 0 Å². The summed E-state index contributed by atoms with van der Waals surface area (Å²) >= 11 is 0.691. The summed E-state index contributed by atoms with van der Waals surface area (Å²) in [5.41, 5.74) is -5.90. The molecule has 0 fully saturated rings. The summed E-state index contributed by atoms with van der Waals surface area (Å²) in [5, 5.41) is -0.856. The number of rotatable bonds is 3. The van der Waals surface area contributed by atoms with Crippen molar-refractivity contribution in [2.45, 2.75) is 4.90 Å². The number of ether oxygens (including phenoxy) is 1. The zero-order chi connectivity index (χ0) is 52.8. The van der Waals surface area contributed by atoms with Gasteiger partial charge in [-0.25, -0.2) is 0 Å². The highest BCUT2D eigenvalue weighted by Gasteiger charge is 2.39. The van der Waals surface area contributed by atoms with Crippen molar-refractivity contribution in [3.63, 3.8) is 0 Å². The first-order valence-corrected chi connectivity index (χ1v) is 14.5. The summed E-state index contributed by atoms with van der Waals surface area (Å²) in [6.07, 6.45) is 0. The average molecular weight is 630 g/mol. The van der Waals surface area contributed by atoms with Crippen LogP contribution in [-0.2, 0) is 0 Å². The highest BCUT2D eigenvalue weighted by Crippen LogP contribution is 2.45. The van der Waals surface area contributed by atoms with E-state index >= 15 is 0 Å². The van der Waals surface area contributed by atoms with E-state index in [4.69, 9.17) is 32.2 Å². The number of hydrogen-bond donors (Lipinski definition) is 0. The molecular formula is C42H26BNOS. The normalized spacial score (nSPS) is 20.7. The lowest BCUT2D eigenvalue weighted by Gasteiger charge is -2.33. The zero-order valence-corrected chi connectivity index (χ0v) is 23.7. The van der Waals surface area contributed by atoms with Gasteiger partial charge in [-0.2, -0.15) is 11.6 Å². The third-order valence-electron chi connectivity index (χ3n) is 7.54. The van der Waals surface area contributed by atoms with Crippen LogP contribution in [0.1, 0.15) is 35.6 Å². The van der Waals surface area contributed by atoms with Crippen LogP contribution in [0.15, 0.2) is 162 Å². The summed E-state index contributed by atoms with van der Waals surface area (Å²) in [4.78, 5) is -0.225. The Morgan fingerprint density at radius 2 is 1.17 bits per heavy atom. The molecule has 7 aromatic carbocycles. The van der Waals surface area contributed by atoms with Crippen LogP contribution < -0.4 is 15.7 Å². The minimum Gasteiger partial charge on any atom is -0.458 e. The maximum atomic E-state index is 9.95. The van der Waals surface area contributed by atoms with Gasteiger partial charge in [0.25, 0.3) is 5.99 Å². The van der Waals surface area contributed by atoms with Gasteiger partial charge in [0.15, 0.2) is 0 Å². The lowest BCUT2D eigenvalue weighted by Crippen LogP contribution is -2.46. The number of benzene rings is 7. The smallest absolute Gasteiger partial charge is 0.289 e. The summed E-state index contributed by atoms with van der Waals surface area (Å²) in [6, 6.07) is -21.4. The number of fused-ring (bicyclic) bond motifs is 7. The Bertz CT molecular complexity index is 3860. The van der Waals surface area contributed by atoms with Crippen LogP contribution in [0.3, 0.4) is 0 Å². The van der Waals surface area contributed by atoms with E-state index < -0.39 is 224 Å². The first-order valence-electron chi connectivity index (χ1n) is 26.6. The topological polar surface area (TPSA) is 14.2 Å². The van der Waals surface area contributed by atoms with Crippen molar-refractivity contribution in [1.82, 2.24) is 4.57 Å². The fourth-order valence-corrected chi connectivity index (χ4v) is 6.84. The molecule has 0 N–H and O–H groups in total. The van der Waals surface area contributed by atoms with Gasteiger partial charge in [-0.15, -0.1) is 0 Å². The molecule has 0 bridgehead atoms. The van der Waals surface area contributed by atoms with Crippen molar-refractivity contribution in [2.75, 3.05) is 0 Å². The Morgan fingerprint density at radius 3 is 1.98 bits per heavy atom. The summed E-state index contributed by atoms with van der Waals surface area (Å²) in [5.74, 6) is -2.71. The molecular weight excluding hydrogens is 577 g/mol. The number of nitrogens with zero attached hydrogens (tertiary/aromatic N) is 1. The Labute approximate surface area is 308 Å². The van der Waals surface area contributed by atoms with Crippen molar-refractivity contribution in [1.29, 1.82) is 0 Å². The van der Waals surface area contributed by atoms with E-state index in [-0.39, 0.29) is 26.9 Å². The lowest BCUT2D eigenvalue weighted by molar-refractivity contribution is 0.488. The molecule has 1 aromatic heterocycles. The zero-order valence-electron chi connectivity index (χ0n) is 48.8. The van der Waals surface area contributed by atoms with Crippen molar-refractivity contribution < 1.29 is 40.4 Å². The summed E-state index contributed by atoms with van der Waals surface area (Å²) in [7, 11) is 0. The number of aromatic nitrogens is 1. The molecule has 46 heavy (non-hydrogen) atoms. The highest BCUT2D eigenvalue weighted by atomic mass is 32.2. The van der Waals surface area contributed by atoms with E-state index in [1.54, 1.807) is 0 Å². The van der Waals surface area contributed by atoms with E-state index in [0.717, 1.165) is 4.57 Å². The van der Waals surface area contributed by atoms with Crippen molar-refractivity contribution in [3.8, 4) is 50.6 Å². The fraction of sp³-hybridized carbons (Fsp3) is 0. The molecule has 0 radical (unpaired) electrons. The second kappa shape index (κ2) is 10.0. The molecule has 8 aromatic rings. The first kappa shape index (κ1) is 11.1. The Hall–Kier alpha value is -5.45. The van der Waals surface area contributed by atoms with E-state index in [0.29, 0.717) is 11.6 Å². The van der Waals surface area contributed by atoms with E-state index in [1.807, 2.05) is 0 Å². The van der Waals surface area contributed by atoms with Gasteiger partial charge in [-0.1, -0.05) is 115 Å². The molecule has 0 aliphatic carbocycles. The molecule has 0 amide bonds. The molecule has 0 saturated heterocycles. The third-order valence-corrected chi connectivity index (χ3v) is 8.79. The van der Waals surface area contributed by atoms with Crippen molar-refractivity contribution >= 4 is 50.3 Å². The molecule has 2 aliphatic heterocycles. The van der Waals surface area contributed by atoms with Gasteiger partial charge >= 0.3 is 0 Å². The Balaban J connectivity index is 1.37. The monoisotopic (exact) mass is 629 g/mol. The molecule has 0 unspecified atom stereocenters. The minimum atomic E-state index is -1.47. The molecule has 214 valence electrons. The quantitative estimate of drug-likeness (QED) is 0.181. The molecule has 4 heteroatoms. The minimum absolute atomic E-state index is 0.189. The standard InChI is InChI=1S/C42H26BNOS/c1-2-11-27(12-3-1)28-13-10-14-29(23-28)30-21-22-36-39(24-30)45-40-26-31(25-35-34-17-6-9-20-41(34)46-43(36)42(35)40)44-37-18-7-4-15-32(37)33-16-5-8-19-38(33)44/h1-26H/i1D,2D,3D,4D,5D,6D,7D,8D,9D,10D,11D,12D,13D,14D,15D,16D,17D,18D,19D,20D,21D,22D,23D,24D,25D,26D. The van der Waals surface area contributed by atoms with Gasteiger partial charge in [0, 0.05) is 21.7 Å². The van der Waals surface area contributed by atoms with Gasteiger partial charge in [0.2, 0.25) is 0 Å². The molecule has 3 heterocycles. The lowest BCUT2D eigenvalue weighted by atomic mass is 9.57. The predicted octanol–water partition coefficient (Wildman–Crippen LogP) is 10.1. The van der Waals surface area contributed by atoms with Crippen LogP contribution in [0.25, 0.3) is 60.9 Å². The first-order chi connectivity index (χ1) is 33.6. The van der Waals surface area contributed by atoms with Crippen LogP contribution in [-0.4, -0.2) is 10.6 Å². The largest absolute Gasteiger partial charge is 0.458 e. The van der Waals surface area contributed by atoms with Crippen LogP contribution in [0.5, 0.6) is 11.5 Å². The van der Waals surface area contributed by atoms with E-state index in [9.17, 15) is 8.22 Å². The molecule has 2 aliphatic rings. The van der Waals surface area contributed by atoms with Gasteiger partial charge in [0.05, 0.1) is 52.4 Å². The van der Waals surface area contributed by atoms with Crippen LogP contribution in [0.2, 0.25) is 0 Å². The third kappa shape index (κ3) is 3.87. The van der Waals surface area contributed by atoms with Gasteiger partial charge in [-0.05, 0) is 80.6 Å². The molecule has 10 rings (SSSR count). The van der Waals surface area contributed by atoms with Gasteiger partial charge in [0.1, 0.15) is 11.5 Å². The van der Waals surface area contributed by atoms with Crippen LogP contribution in [0.4, 0.5) is 0 Å². The van der Waals surface area contributed by atoms with Gasteiger partial charge < -0.3 is 9.30 Å². The summed E-state index contributed by atoms with van der Waals surface area (Å²) in [6.45, 7) is 0. The Morgan fingerprint density at radius 1 is 0.522 bits per heavy atom. The predicted molar refractivity (Wildman–Crippen MR) is 194 cm³/mol. The van der Waals surface area contributed by atoms with E-state index in [2.05, 4.69) is 0 Å². The SMILES string of the molecule is [2H]c1c([2H])c([2H])c(-c2c([2H])c([2H])c([2H])c(-c3c([2H])c([2H])c4c(c3[2H])Oc3c([2H])c(-n5c6c([2H])c([2H])c([2H])c([2H])c6c6c([2H])c([2H])c([2H])c([2H])c65)c([2H])c5c3B4Sc3c([2H])c([2H])c([2H])c([2H])c3-5)c2[2H])c([2H])c1[2H]. The maximum absolute atomic E-state index is 9.95. The van der Waals surface area contributed by atoms with Crippen LogP contribution >= 0.6 is 11.6 Å². The number of hydrogen-bond acceptors (Lipinski definition) is 2. The molecule has 0 saturated carbocycles. The second-order valence-electron chi connectivity index (χ2n) is 10.0. The Kier molecular flexibility index (Phi) is 2.42. The van der Waals surface area contributed by atoms with Crippen LogP contribution in [0, 0.1) is 0 Å². The average Bonchev–Trinajstić information content (AvgIpc) is 3.71. The second-order valence-corrected chi connectivity index (χ2v) is 11.2. The molecule has 2 nitrogen and oxygen atoms in total. The van der Waals surface area contributed by atoms with E-state index in [1.165, 1.54) is 0 Å². The summed E-state index contributed by atoms with van der Waals surface area (Å²) < 4.78 is 239. The van der Waals surface area contributed by atoms with Gasteiger partial charge in [-0.3, -0.25) is 0 Å². The number of para-hydroxylation sites is 2. The molecule has 0 spiro atoms. The molecule has 0 atom stereocenters. The highest BCUT2D eigenvalue weighted by molar-refractivity contribution is 8.28.